The highest BCUT2D eigenvalue weighted by Gasteiger charge is 2.16. The number of aryl methyl sites for hydroxylation is 2. The first-order valence-corrected chi connectivity index (χ1v) is 12.6. The second-order valence-corrected chi connectivity index (χ2v) is 9.82. The number of carbonyl (C=O) groups is 2. The van der Waals surface area contributed by atoms with E-state index in [4.69, 9.17) is 9.47 Å². The van der Waals surface area contributed by atoms with Crippen molar-refractivity contribution >= 4 is 33.7 Å². The van der Waals surface area contributed by atoms with E-state index in [9.17, 15) is 9.59 Å². The van der Waals surface area contributed by atoms with Gasteiger partial charge in [0.1, 0.15) is 11.5 Å². The van der Waals surface area contributed by atoms with E-state index in [0.717, 1.165) is 33.3 Å². The van der Waals surface area contributed by atoms with Gasteiger partial charge in [-0.3, -0.25) is 9.59 Å². The van der Waals surface area contributed by atoms with Crippen LogP contribution >= 0.6 is 0 Å². The zero-order chi connectivity index (χ0) is 27.4. The fourth-order valence-corrected chi connectivity index (χ4v) is 4.28. The standard InChI is InChI=1S/C32H34N2O4/c1-21-7-17-28-27(31(21)37-19-29(35)23-9-13-25(14-10-23)33(3)4)18-8-22(2)32(28)38-20-30(36)24-11-15-26(16-12-24)34(5)6/h7-18H,19-20H2,1-6H3. The SMILES string of the molecule is Cc1ccc2c(OCC(=O)c3ccc(N(C)C)cc3)c(C)ccc2c1OCC(=O)c1ccc(N(C)C)cc1. The summed E-state index contributed by atoms with van der Waals surface area (Å²) in [5.41, 5.74) is 5.09. The Morgan fingerprint density at radius 2 is 0.895 bits per heavy atom. The predicted octanol–water partition coefficient (Wildman–Crippen LogP) is 6.11. The Morgan fingerprint density at radius 1 is 0.553 bits per heavy atom. The van der Waals surface area contributed by atoms with Gasteiger partial charge < -0.3 is 19.3 Å². The van der Waals surface area contributed by atoms with Crippen molar-refractivity contribution in [2.75, 3.05) is 51.2 Å². The summed E-state index contributed by atoms with van der Waals surface area (Å²) in [5.74, 6) is 1.08. The van der Waals surface area contributed by atoms with E-state index in [-0.39, 0.29) is 24.8 Å². The third-order valence-electron chi connectivity index (χ3n) is 6.60. The number of benzene rings is 4. The molecule has 4 aromatic rings. The molecule has 196 valence electrons. The van der Waals surface area contributed by atoms with Crippen LogP contribution in [0.3, 0.4) is 0 Å². The Labute approximate surface area is 224 Å². The van der Waals surface area contributed by atoms with E-state index in [1.807, 2.05) is 125 Å². The van der Waals surface area contributed by atoms with Crippen LogP contribution in [0.4, 0.5) is 11.4 Å². The van der Waals surface area contributed by atoms with Crippen LogP contribution in [0, 0.1) is 13.8 Å². The molecule has 6 heteroatoms. The maximum atomic E-state index is 12.8. The maximum Gasteiger partial charge on any atom is 0.200 e. The molecule has 0 atom stereocenters. The molecular weight excluding hydrogens is 476 g/mol. The summed E-state index contributed by atoms with van der Waals surface area (Å²) in [7, 11) is 7.84. The number of Topliss-reactive ketones (excluding diaryl/α,β-unsaturated/α-hetero) is 2. The van der Waals surface area contributed by atoms with Gasteiger partial charge in [-0.25, -0.2) is 0 Å². The van der Waals surface area contributed by atoms with Crippen molar-refractivity contribution < 1.29 is 19.1 Å². The van der Waals surface area contributed by atoms with Crippen LogP contribution in [0.25, 0.3) is 10.8 Å². The summed E-state index contributed by atoms with van der Waals surface area (Å²) in [6, 6.07) is 22.8. The maximum absolute atomic E-state index is 12.8. The smallest absolute Gasteiger partial charge is 0.200 e. The van der Waals surface area contributed by atoms with Crippen molar-refractivity contribution in [2.24, 2.45) is 0 Å². The van der Waals surface area contributed by atoms with Crippen molar-refractivity contribution in [1.82, 2.24) is 0 Å². The lowest BCUT2D eigenvalue weighted by atomic mass is 10.0. The molecule has 0 aliphatic heterocycles. The van der Waals surface area contributed by atoms with E-state index < -0.39 is 0 Å². The summed E-state index contributed by atoms with van der Waals surface area (Å²) in [5, 5.41) is 1.67. The molecule has 0 unspecified atom stereocenters. The highest BCUT2D eigenvalue weighted by molar-refractivity contribution is 6.00. The van der Waals surface area contributed by atoms with E-state index in [1.54, 1.807) is 0 Å². The zero-order valence-electron chi connectivity index (χ0n) is 22.9. The highest BCUT2D eigenvalue weighted by atomic mass is 16.5. The minimum atomic E-state index is -0.0961. The molecule has 0 heterocycles. The number of fused-ring (bicyclic) bond motifs is 1. The zero-order valence-corrected chi connectivity index (χ0v) is 22.9. The quantitative estimate of drug-likeness (QED) is 0.240. The van der Waals surface area contributed by atoms with Crippen LogP contribution in [-0.2, 0) is 0 Å². The first-order valence-electron chi connectivity index (χ1n) is 12.6. The van der Waals surface area contributed by atoms with Gasteiger partial charge in [0.2, 0.25) is 0 Å². The fraction of sp³-hybridized carbons (Fsp3) is 0.250. The Kier molecular flexibility index (Phi) is 8.01. The van der Waals surface area contributed by atoms with E-state index in [0.29, 0.717) is 22.6 Å². The molecule has 0 aliphatic carbocycles. The van der Waals surface area contributed by atoms with Gasteiger partial charge in [0.25, 0.3) is 0 Å². The van der Waals surface area contributed by atoms with Crippen LogP contribution in [0.1, 0.15) is 31.8 Å². The van der Waals surface area contributed by atoms with Gasteiger partial charge in [0, 0.05) is 61.5 Å². The molecular formula is C32H34N2O4. The number of hydrogen-bond acceptors (Lipinski definition) is 6. The molecule has 0 saturated carbocycles. The van der Waals surface area contributed by atoms with Crippen molar-refractivity contribution in [3.8, 4) is 11.5 Å². The first kappa shape index (κ1) is 26.7. The van der Waals surface area contributed by atoms with Crippen LogP contribution in [0.2, 0.25) is 0 Å². The summed E-state index contributed by atoms with van der Waals surface area (Å²) in [6.45, 7) is 3.75. The minimum Gasteiger partial charge on any atom is -0.485 e. The lowest BCUT2D eigenvalue weighted by Gasteiger charge is -2.17. The molecule has 0 amide bonds. The molecule has 0 N–H and O–H groups in total. The molecule has 0 aromatic heterocycles. The third kappa shape index (κ3) is 5.80. The number of nitrogens with zero attached hydrogens (tertiary/aromatic N) is 2. The summed E-state index contributed by atoms with van der Waals surface area (Å²) in [4.78, 5) is 29.6. The normalized spacial score (nSPS) is 10.8. The molecule has 0 fully saturated rings. The molecule has 0 radical (unpaired) electrons. The molecule has 0 spiro atoms. The van der Waals surface area contributed by atoms with E-state index in [1.165, 1.54) is 0 Å². The van der Waals surface area contributed by atoms with Gasteiger partial charge in [-0.15, -0.1) is 0 Å². The average molecular weight is 511 g/mol. The summed E-state index contributed by atoms with van der Waals surface area (Å²) >= 11 is 0. The monoisotopic (exact) mass is 510 g/mol. The third-order valence-corrected chi connectivity index (χ3v) is 6.60. The Bertz CT molecular complexity index is 1340. The van der Waals surface area contributed by atoms with Gasteiger partial charge >= 0.3 is 0 Å². The fourth-order valence-electron chi connectivity index (χ4n) is 4.28. The largest absolute Gasteiger partial charge is 0.485 e. The number of carbonyl (C=O) groups excluding carboxylic acids is 2. The molecule has 0 aliphatic rings. The van der Waals surface area contributed by atoms with Gasteiger partial charge in [-0.05, 0) is 73.5 Å². The van der Waals surface area contributed by atoms with E-state index in [2.05, 4.69) is 0 Å². The lowest BCUT2D eigenvalue weighted by Crippen LogP contribution is -2.14. The molecule has 0 saturated heterocycles. The second kappa shape index (κ2) is 11.4. The molecule has 4 rings (SSSR count). The Hall–Kier alpha value is -4.32. The number of hydrogen-bond donors (Lipinski definition) is 0. The van der Waals surface area contributed by atoms with Crippen molar-refractivity contribution in [1.29, 1.82) is 0 Å². The Morgan fingerprint density at radius 3 is 1.21 bits per heavy atom. The predicted molar refractivity (Wildman–Crippen MR) is 155 cm³/mol. The summed E-state index contributed by atoms with van der Waals surface area (Å²) in [6.07, 6.45) is 0. The topological polar surface area (TPSA) is 59.1 Å². The lowest BCUT2D eigenvalue weighted by molar-refractivity contribution is 0.0914. The van der Waals surface area contributed by atoms with Gasteiger partial charge in [-0.2, -0.15) is 0 Å². The number of ketones is 2. The number of anilines is 2. The van der Waals surface area contributed by atoms with Crippen LogP contribution in [0.5, 0.6) is 11.5 Å². The minimum absolute atomic E-state index is 0.0766. The van der Waals surface area contributed by atoms with Gasteiger partial charge in [0.05, 0.1) is 0 Å². The molecule has 38 heavy (non-hydrogen) atoms. The Balaban J connectivity index is 1.52. The first-order chi connectivity index (χ1) is 18.2. The highest BCUT2D eigenvalue weighted by Crippen LogP contribution is 2.37. The second-order valence-electron chi connectivity index (χ2n) is 9.82. The van der Waals surface area contributed by atoms with Crippen LogP contribution in [-0.4, -0.2) is 53.0 Å². The summed E-state index contributed by atoms with van der Waals surface area (Å²) < 4.78 is 12.2. The van der Waals surface area contributed by atoms with Crippen molar-refractivity contribution in [3.63, 3.8) is 0 Å². The van der Waals surface area contributed by atoms with Crippen LogP contribution < -0.4 is 19.3 Å². The van der Waals surface area contributed by atoms with E-state index >= 15 is 0 Å². The van der Waals surface area contributed by atoms with Crippen molar-refractivity contribution in [2.45, 2.75) is 13.8 Å². The van der Waals surface area contributed by atoms with Gasteiger partial charge in [-0.1, -0.05) is 24.3 Å². The number of ether oxygens (including phenoxy) is 2. The molecule has 6 nitrogen and oxygen atoms in total. The number of rotatable bonds is 10. The molecule has 0 bridgehead atoms. The van der Waals surface area contributed by atoms with Crippen LogP contribution in [0.15, 0.2) is 72.8 Å². The molecule has 4 aromatic carbocycles. The van der Waals surface area contributed by atoms with Gasteiger partial charge in [0.15, 0.2) is 24.8 Å². The average Bonchev–Trinajstić information content (AvgIpc) is 2.91. The van der Waals surface area contributed by atoms with Crippen molar-refractivity contribution in [3.05, 3.63) is 95.1 Å².